The van der Waals surface area contributed by atoms with E-state index in [0.29, 0.717) is 43.1 Å². The van der Waals surface area contributed by atoms with Crippen LogP contribution < -0.4 is 15.5 Å². The van der Waals surface area contributed by atoms with Crippen molar-refractivity contribution >= 4 is 29.0 Å². The van der Waals surface area contributed by atoms with Gasteiger partial charge in [0.05, 0.1) is 22.6 Å². The van der Waals surface area contributed by atoms with Crippen molar-refractivity contribution in [1.82, 2.24) is 9.78 Å². The van der Waals surface area contributed by atoms with E-state index >= 15 is 0 Å². The third kappa shape index (κ3) is 5.31. The van der Waals surface area contributed by atoms with Crippen LogP contribution in [0.15, 0.2) is 54.6 Å². The molecule has 184 valence electrons. The number of anilines is 3. The number of hydrogen-bond acceptors (Lipinski definition) is 4. The summed E-state index contributed by atoms with van der Waals surface area (Å²) in [6.45, 7) is 4.19. The standard InChI is InChI=1S/C25H26F3N5O2/c1-16-22(29-17(2)34)24(33(31-16)19-8-4-3-5-9-19)32-14-12-18(13-15-32)23(35)30-21-11-7-6-10-20(21)25(26,27)28/h3-11,18H,12-15H2,1-2H3,(H,29,34)(H,30,35). The molecule has 2 aromatic carbocycles. The van der Waals surface area contributed by atoms with Gasteiger partial charge in [0, 0.05) is 25.9 Å². The zero-order valence-corrected chi connectivity index (χ0v) is 19.4. The van der Waals surface area contributed by atoms with Crippen LogP contribution in [0.5, 0.6) is 0 Å². The number of nitrogens with zero attached hydrogens (tertiary/aromatic N) is 3. The number of benzene rings is 2. The van der Waals surface area contributed by atoms with Crippen molar-refractivity contribution in [3.63, 3.8) is 0 Å². The van der Waals surface area contributed by atoms with Gasteiger partial charge in [-0.05, 0) is 44.0 Å². The van der Waals surface area contributed by atoms with E-state index in [9.17, 15) is 22.8 Å². The predicted molar refractivity (Wildman–Crippen MR) is 128 cm³/mol. The molecule has 0 bridgehead atoms. The van der Waals surface area contributed by atoms with Crippen LogP contribution in [0.4, 0.5) is 30.4 Å². The van der Waals surface area contributed by atoms with Crippen LogP contribution in [-0.2, 0) is 15.8 Å². The highest BCUT2D eigenvalue weighted by Gasteiger charge is 2.35. The van der Waals surface area contributed by atoms with Crippen molar-refractivity contribution in [2.75, 3.05) is 28.6 Å². The van der Waals surface area contributed by atoms with E-state index in [1.54, 1.807) is 4.68 Å². The highest BCUT2D eigenvalue weighted by molar-refractivity contribution is 5.94. The SMILES string of the molecule is CC(=O)Nc1c(C)nn(-c2ccccc2)c1N1CCC(C(=O)Nc2ccccc2C(F)(F)F)CC1. The van der Waals surface area contributed by atoms with Crippen molar-refractivity contribution in [2.45, 2.75) is 32.9 Å². The van der Waals surface area contributed by atoms with Gasteiger partial charge < -0.3 is 15.5 Å². The Labute approximate surface area is 200 Å². The minimum Gasteiger partial charge on any atom is -0.355 e. The molecule has 1 aliphatic heterocycles. The van der Waals surface area contributed by atoms with Gasteiger partial charge in [0.1, 0.15) is 5.69 Å². The van der Waals surface area contributed by atoms with Crippen LogP contribution in [0.1, 0.15) is 31.0 Å². The number of carbonyl (C=O) groups is 2. The molecule has 1 fully saturated rings. The first-order valence-electron chi connectivity index (χ1n) is 11.3. The highest BCUT2D eigenvalue weighted by atomic mass is 19.4. The summed E-state index contributed by atoms with van der Waals surface area (Å²) < 4.78 is 41.6. The fraction of sp³-hybridized carbons (Fsp3) is 0.320. The van der Waals surface area contributed by atoms with Crippen LogP contribution in [0.25, 0.3) is 5.69 Å². The summed E-state index contributed by atoms with van der Waals surface area (Å²) in [5, 5.41) is 9.96. The number of rotatable bonds is 5. The zero-order chi connectivity index (χ0) is 25.2. The van der Waals surface area contributed by atoms with Gasteiger partial charge in [-0.25, -0.2) is 4.68 Å². The second-order valence-corrected chi connectivity index (χ2v) is 8.51. The first-order valence-corrected chi connectivity index (χ1v) is 11.3. The molecule has 1 saturated heterocycles. The second kappa shape index (κ2) is 9.81. The van der Waals surface area contributed by atoms with Crippen LogP contribution in [0.2, 0.25) is 0 Å². The molecule has 0 unspecified atom stereocenters. The lowest BCUT2D eigenvalue weighted by Crippen LogP contribution is -2.39. The predicted octanol–water partition coefficient (Wildman–Crippen LogP) is 5.01. The minimum absolute atomic E-state index is 0.223. The lowest BCUT2D eigenvalue weighted by atomic mass is 9.95. The molecule has 1 aromatic heterocycles. The number of nitrogens with one attached hydrogen (secondary N) is 2. The molecule has 7 nitrogen and oxygen atoms in total. The molecular weight excluding hydrogens is 459 g/mol. The Kier molecular flexibility index (Phi) is 6.81. The molecule has 3 aromatic rings. The van der Waals surface area contributed by atoms with Crippen molar-refractivity contribution < 1.29 is 22.8 Å². The number of alkyl halides is 3. The van der Waals surface area contributed by atoms with E-state index in [2.05, 4.69) is 15.7 Å². The number of hydrogen-bond donors (Lipinski definition) is 2. The Hall–Kier alpha value is -3.82. The fourth-order valence-corrected chi connectivity index (χ4v) is 4.31. The van der Waals surface area contributed by atoms with Gasteiger partial charge in [0.2, 0.25) is 11.8 Å². The third-order valence-corrected chi connectivity index (χ3v) is 5.99. The summed E-state index contributed by atoms with van der Waals surface area (Å²) in [5.74, 6) is -0.383. The molecular formula is C25H26F3N5O2. The van der Waals surface area contributed by atoms with Gasteiger partial charge in [0.15, 0.2) is 5.82 Å². The monoisotopic (exact) mass is 485 g/mol. The molecule has 2 N–H and O–H groups in total. The molecule has 0 saturated carbocycles. The Bertz CT molecular complexity index is 1220. The molecule has 2 heterocycles. The maximum absolute atomic E-state index is 13.3. The van der Waals surface area contributed by atoms with Gasteiger partial charge in [-0.2, -0.15) is 18.3 Å². The number of halogens is 3. The topological polar surface area (TPSA) is 79.3 Å². The summed E-state index contributed by atoms with van der Waals surface area (Å²) in [6.07, 6.45) is -3.67. The maximum atomic E-state index is 13.3. The fourth-order valence-electron chi connectivity index (χ4n) is 4.31. The molecule has 0 aliphatic carbocycles. The number of piperidine rings is 1. The summed E-state index contributed by atoms with van der Waals surface area (Å²) in [5.41, 5.74) is 0.975. The molecule has 0 spiro atoms. The number of carbonyl (C=O) groups excluding carboxylic acids is 2. The van der Waals surface area contributed by atoms with Gasteiger partial charge in [0.25, 0.3) is 0 Å². The number of aryl methyl sites for hydroxylation is 1. The normalized spacial score (nSPS) is 14.6. The van der Waals surface area contributed by atoms with Crippen LogP contribution in [-0.4, -0.2) is 34.7 Å². The average Bonchev–Trinajstić information content (AvgIpc) is 3.14. The Morgan fingerprint density at radius 2 is 1.60 bits per heavy atom. The minimum atomic E-state index is -4.55. The van der Waals surface area contributed by atoms with Gasteiger partial charge in [-0.15, -0.1) is 0 Å². The Morgan fingerprint density at radius 1 is 0.971 bits per heavy atom. The molecule has 4 rings (SSSR count). The Morgan fingerprint density at radius 3 is 2.23 bits per heavy atom. The van der Waals surface area contributed by atoms with E-state index in [1.165, 1.54) is 25.1 Å². The van der Waals surface area contributed by atoms with Gasteiger partial charge >= 0.3 is 6.18 Å². The first kappa shape index (κ1) is 24.3. The number of amides is 2. The highest BCUT2D eigenvalue weighted by Crippen LogP contribution is 2.37. The van der Waals surface area contributed by atoms with Crippen molar-refractivity contribution in [1.29, 1.82) is 0 Å². The van der Waals surface area contributed by atoms with E-state index in [-0.39, 0.29) is 11.6 Å². The molecule has 2 amide bonds. The van der Waals surface area contributed by atoms with Gasteiger partial charge in [-0.3, -0.25) is 9.59 Å². The summed E-state index contributed by atoms with van der Waals surface area (Å²) in [6, 6.07) is 14.5. The van der Waals surface area contributed by atoms with Crippen molar-refractivity contribution in [3.8, 4) is 5.69 Å². The van der Waals surface area contributed by atoms with Crippen LogP contribution >= 0.6 is 0 Å². The second-order valence-electron chi connectivity index (χ2n) is 8.51. The first-order chi connectivity index (χ1) is 16.6. The summed E-state index contributed by atoms with van der Waals surface area (Å²) >= 11 is 0. The lowest BCUT2D eigenvalue weighted by Gasteiger charge is -2.33. The molecule has 10 heteroatoms. The maximum Gasteiger partial charge on any atom is 0.418 e. The smallest absolute Gasteiger partial charge is 0.355 e. The molecule has 0 atom stereocenters. The zero-order valence-electron chi connectivity index (χ0n) is 19.4. The third-order valence-electron chi connectivity index (χ3n) is 5.99. The number of para-hydroxylation sites is 2. The van der Waals surface area contributed by atoms with Crippen molar-refractivity contribution in [2.24, 2.45) is 5.92 Å². The summed E-state index contributed by atoms with van der Waals surface area (Å²) in [7, 11) is 0. The number of aromatic nitrogens is 2. The van der Waals surface area contributed by atoms with E-state index in [0.717, 1.165) is 11.8 Å². The summed E-state index contributed by atoms with van der Waals surface area (Å²) in [4.78, 5) is 26.7. The average molecular weight is 486 g/mol. The van der Waals surface area contributed by atoms with E-state index in [4.69, 9.17) is 0 Å². The van der Waals surface area contributed by atoms with Crippen LogP contribution in [0, 0.1) is 12.8 Å². The van der Waals surface area contributed by atoms with E-state index < -0.39 is 23.6 Å². The Balaban J connectivity index is 1.53. The molecule has 1 aliphatic rings. The van der Waals surface area contributed by atoms with Crippen molar-refractivity contribution in [3.05, 3.63) is 65.9 Å². The van der Waals surface area contributed by atoms with E-state index in [1.807, 2.05) is 42.2 Å². The molecule has 35 heavy (non-hydrogen) atoms. The van der Waals surface area contributed by atoms with Gasteiger partial charge in [-0.1, -0.05) is 30.3 Å². The quantitative estimate of drug-likeness (QED) is 0.532. The lowest BCUT2D eigenvalue weighted by molar-refractivity contribution is -0.137. The largest absolute Gasteiger partial charge is 0.418 e. The molecule has 0 radical (unpaired) electrons. The van der Waals surface area contributed by atoms with Crippen LogP contribution in [0.3, 0.4) is 0 Å².